The van der Waals surface area contributed by atoms with Crippen molar-refractivity contribution in [1.29, 1.82) is 0 Å². The second kappa shape index (κ2) is 7.59. The van der Waals surface area contributed by atoms with Crippen LogP contribution in [0.5, 0.6) is 0 Å². The van der Waals surface area contributed by atoms with Crippen LogP contribution >= 0.6 is 0 Å². The Morgan fingerprint density at radius 3 is 2.42 bits per heavy atom. The summed E-state index contributed by atoms with van der Waals surface area (Å²) >= 11 is -1.22. The van der Waals surface area contributed by atoms with E-state index in [0.29, 0.717) is 0 Å². The Labute approximate surface area is 159 Å². The molecule has 0 aliphatic heterocycles. The maximum atomic E-state index is 13.1. The van der Waals surface area contributed by atoms with Gasteiger partial charge in [-0.25, -0.2) is 0 Å². The van der Waals surface area contributed by atoms with Crippen LogP contribution in [-0.4, -0.2) is 14.3 Å². The standard InChI is InChI=1S/C21H29N3OS/c1-20(2,3)26(25)24-21(12-9-16-7-8-16,17-10-13-23-14-11-17)18-5-4-6-19(22)15-18/h4-6,10-11,13-16,24H,7-9,12,22H2,1-3H3. The van der Waals surface area contributed by atoms with Crippen LogP contribution in [0.1, 0.15) is 57.6 Å². The molecule has 3 N–H and O–H groups in total. The molecule has 5 heteroatoms. The van der Waals surface area contributed by atoms with Gasteiger partial charge in [0.1, 0.15) is 10.3 Å². The van der Waals surface area contributed by atoms with Crippen molar-refractivity contribution in [3.8, 4) is 0 Å². The van der Waals surface area contributed by atoms with E-state index in [0.717, 1.165) is 35.6 Å². The lowest BCUT2D eigenvalue weighted by atomic mass is 9.79. The minimum absolute atomic E-state index is 0.363. The first kappa shape index (κ1) is 19.2. The molecule has 1 aliphatic carbocycles. The Kier molecular flexibility index (Phi) is 5.61. The van der Waals surface area contributed by atoms with Gasteiger partial charge in [-0.15, -0.1) is 4.72 Å². The molecular weight excluding hydrogens is 342 g/mol. The Morgan fingerprint density at radius 1 is 1.15 bits per heavy atom. The van der Waals surface area contributed by atoms with Crippen molar-refractivity contribution >= 4 is 17.0 Å². The molecule has 2 unspecified atom stereocenters. The van der Waals surface area contributed by atoms with Gasteiger partial charge < -0.3 is 10.3 Å². The molecule has 1 aliphatic rings. The largest absolute Gasteiger partial charge is 0.598 e. The van der Waals surface area contributed by atoms with E-state index in [4.69, 9.17) is 5.73 Å². The number of aromatic nitrogens is 1. The van der Waals surface area contributed by atoms with E-state index < -0.39 is 16.9 Å². The average molecular weight is 372 g/mol. The lowest BCUT2D eigenvalue weighted by Crippen LogP contribution is -2.52. The second-order valence-electron chi connectivity index (χ2n) is 8.23. The zero-order valence-corrected chi connectivity index (χ0v) is 16.7. The molecule has 26 heavy (non-hydrogen) atoms. The number of hydrogen-bond acceptors (Lipinski definition) is 4. The highest BCUT2D eigenvalue weighted by Crippen LogP contribution is 2.42. The predicted molar refractivity (Wildman–Crippen MR) is 109 cm³/mol. The van der Waals surface area contributed by atoms with E-state index >= 15 is 0 Å². The summed E-state index contributed by atoms with van der Waals surface area (Å²) in [6, 6.07) is 12.0. The van der Waals surface area contributed by atoms with Crippen LogP contribution in [0.3, 0.4) is 0 Å². The van der Waals surface area contributed by atoms with Crippen molar-refractivity contribution in [2.75, 3.05) is 5.73 Å². The van der Waals surface area contributed by atoms with Crippen LogP contribution < -0.4 is 10.5 Å². The molecular formula is C21H29N3OS. The second-order valence-corrected chi connectivity index (χ2v) is 10.2. The van der Waals surface area contributed by atoms with Crippen molar-refractivity contribution in [2.24, 2.45) is 5.92 Å². The van der Waals surface area contributed by atoms with Gasteiger partial charge in [0.15, 0.2) is 0 Å². The van der Waals surface area contributed by atoms with E-state index in [2.05, 4.69) is 15.8 Å². The minimum atomic E-state index is -1.22. The molecule has 1 aromatic heterocycles. The van der Waals surface area contributed by atoms with Gasteiger partial charge >= 0.3 is 0 Å². The van der Waals surface area contributed by atoms with E-state index in [1.165, 1.54) is 12.8 Å². The van der Waals surface area contributed by atoms with Crippen molar-refractivity contribution in [1.82, 2.24) is 9.71 Å². The first-order chi connectivity index (χ1) is 12.3. The number of benzene rings is 1. The number of anilines is 1. The highest BCUT2D eigenvalue weighted by molar-refractivity contribution is 7.90. The molecule has 1 saturated carbocycles. The molecule has 3 rings (SSSR count). The molecule has 0 radical (unpaired) electrons. The number of nitrogen functional groups attached to an aromatic ring is 1. The molecule has 1 heterocycles. The predicted octanol–water partition coefficient (Wildman–Crippen LogP) is 4.15. The van der Waals surface area contributed by atoms with Gasteiger partial charge in [0, 0.05) is 29.4 Å². The molecule has 2 atom stereocenters. The van der Waals surface area contributed by atoms with Crippen LogP contribution in [0, 0.1) is 5.92 Å². The summed E-state index contributed by atoms with van der Waals surface area (Å²) in [5, 5.41) is 0. The number of nitrogens with zero attached hydrogens (tertiary/aromatic N) is 1. The molecule has 1 fully saturated rings. The third kappa shape index (κ3) is 4.40. The van der Waals surface area contributed by atoms with Crippen molar-refractivity contribution in [3.05, 3.63) is 59.9 Å². The van der Waals surface area contributed by atoms with E-state index in [1.54, 1.807) is 12.4 Å². The quantitative estimate of drug-likeness (QED) is 0.566. The molecule has 4 nitrogen and oxygen atoms in total. The monoisotopic (exact) mass is 371 g/mol. The van der Waals surface area contributed by atoms with Gasteiger partial charge in [0.25, 0.3) is 0 Å². The molecule has 0 spiro atoms. The van der Waals surface area contributed by atoms with Gasteiger partial charge in [-0.2, -0.15) is 0 Å². The normalized spacial score (nSPS) is 18.3. The van der Waals surface area contributed by atoms with Crippen LogP contribution in [0.15, 0.2) is 48.8 Å². The SMILES string of the molecule is CC(C)(C)[S+]([O-])NC(CCC1CC1)(c1ccncc1)c1cccc(N)c1. The molecule has 1 aromatic carbocycles. The zero-order chi connectivity index (χ0) is 18.8. The molecule has 0 saturated heterocycles. The van der Waals surface area contributed by atoms with Gasteiger partial charge in [-0.1, -0.05) is 25.0 Å². The fourth-order valence-corrected chi connectivity index (χ4v) is 4.16. The summed E-state index contributed by atoms with van der Waals surface area (Å²) in [5.74, 6) is 0.780. The van der Waals surface area contributed by atoms with Crippen LogP contribution in [0.4, 0.5) is 5.69 Å². The number of hydrogen-bond donors (Lipinski definition) is 2. The molecule has 140 valence electrons. The highest BCUT2D eigenvalue weighted by Gasteiger charge is 2.43. The first-order valence-electron chi connectivity index (χ1n) is 9.27. The van der Waals surface area contributed by atoms with Gasteiger partial charge in [0.05, 0.1) is 0 Å². The number of pyridine rings is 1. The Balaban J connectivity index is 2.09. The van der Waals surface area contributed by atoms with E-state index in [9.17, 15) is 4.55 Å². The third-order valence-electron chi connectivity index (χ3n) is 5.00. The first-order valence-corrected chi connectivity index (χ1v) is 10.4. The highest BCUT2D eigenvalue weighted by atomic mass is 32.2. The van der Waals surface area contributed by atoms with E-state index in [1.807, 2.05) is 51.1 Å². The summed E-state index contributed by atoms with van der Waals surface area (Å²) in [4.78, 5) is 4.18. The Morgan fingerprint density at radius 2 is 1.85 bits per heavy atom. The fourth-order valence-electron chi connectivity index (χ4n) is 3.20. The third-order valence-corrected chi connectivity index (χ3v) is 6.65. The summed E-state index contributed by atoms with van der Waals surface area (Å²) in [6.45, 7) is 5.98. The summed E-state index contributed by atoms with van der Waals surface area (Å²) in [6.07, 6.45) is 8.18. The summed E-state index contributed by atoms with van der Waals surface area (Å²) in [5.41, 5.74) is 8.42. The summed E-state index contributed by atoms with van der Waals surface area (Å²) < 4.78 is 16.3. The number of nitrogens with two attached hydrogens (primary N) is 1. The molecule has 0 bridgehead atoms. The summed E-state index contributed by atoms with van der Waals surface area (Å²) in [7, 11) is 0. The van der Waals surface area contributed by atoms with Gasteiger partial charge in [0.2, 0.25) is 0 Å². The van der Waals surface area contributed by atoms with Crippen LogP contribution in [0.25, 0.3) is 0 Å². The van der Waals surface area contributed by atoms with Crippen molar-refractivity contribution < 1.29 is 4.55 Å². The average Bonchev–Trinajstić information content (AvgIpc) is 3.43. The molecule has 0 amide bonds. The lowest BCUT2D eigenvalue weighted by molar-refractivity contribution is 0.401. The van der Waals surface area contributed by atoms with Gasteiger partial charge in [-0.05, 0) is 74.9 Å². The van der Waals surface area contributed by atoms with Crippen LogP contribution in [0.2, 0.25) is 0 Å². The Bertz CT molecular complexity index is 728. The van der Waals surface area contributed by atoms with Crippen molar-refractivity contribution in [3.63, 3.8) is 0 Å². The lowest BCUT2D eigenvalue weighted by Gasteiger charge is -2.38. The number of nitrogens with one attached hydrogen (secondary N) is 1. The van der Waals surface area contributed by atoms with Gasteiger partial charge in [-0.3, -0.25) is 4.98 Å². The molecule has 2 aromatic rings. The zero-order valence-electron chi connectivity index (χ0n) is 15.9. The minimum Gasteiger partial charge on any atom is -0.598 e. The van der Waals surface area contributed by atoms with E-state index in [-0.39, 0.29) is 4.75 Å². The van der Waals surface area contributed by atoms with Crippen LogP contribution in [-0.2, 0) is 16.9 Å². The Hall–Kier alpha value is -1.56. The number of rotatable bonds is 7. The van der Waals surface area contributed by atoms with Crippen molar-refractivity contribution in [2.45, 2.75) is 56.7 Å². The smallest absolute Gasteiger partial charge is 0.136 e. The maximum Gasteiger partial charge on any atom is 0.136 e. The topological polar surface area (TPSA) is 74.0 Å². The fraction of sp³-hybridized carbons (Fsp3) is 0.476. The maximum absolute atomic E-state index is 13.1.